The number of hydrogen-bond donors (Lipinski definition) is 2. The second-order valence-corrected chi connectivity index (χ2v) is 3.67. The van der Waals surface area contributed by atoms with E-state index < -0.39 is 0 Å². The van der Waals surface area contributed by atoms with Gasteiger partial charge in [0.1, 0.15) is 5.82 Å². The van der Waals surface area contributed by atoms with Crippen LogP contribution in [-0.2, 0) is 0 Å². The summed E-state index contributed by atoms with van der Waals surface area (Å²) in [4.78, 5) is 11.7. The van der Waals surface area contributed by atoms with Gasteiger partial charge >= 0.3 is 0 Å². The Labute approximate surface area is 87.7 Å². The maximum atomic E-state index is 12.6. The van der Waals surface area contributed by atoms with Crippen LogP contribution in [0.25, 0.3) is 0 Å². The van der Waals surface area contributed by atoms with Crippen molar-refractivity contribution in [3.63, 3.8) is 0 Å². The third kappa shape index (κ3) is 2.53. The van der Waals surface area contributed by atoms with Gasteiger partial charge < -0.3 is 10.6 Å². The van der Waals surface area contributed by atoms with Crippen molar-refractivity contribution in [2.75, 3.05) is 13.1 Å². The van der Waals surface area contributed by atoms with E-state index in [9.17, 15) is 9.18 Å². The Morgan fingerprint density at radius 3 is 2.73 bits per heavy atom. The molecule has 1 saturated heterocycles. The summed E-state index contributed by atoms with van der Waals surface area (Å²) in [6.45, 7) is 1.75. The van der Waals surface area contributed by atoms with Crippen molar-refractivity contribution in [2.24, 2.45) is 0 Å². The standard InChI is InChI=1S/C11H13FN2O/c12-9-3-1-8(2-4-9)11(15)14-10-5-6-13-7-10/h1-4,10,13H,5-7H2,(H,14,15)/t10-/m1/s1. The van der Waals surface area contributed by atoms with Crippen LogP contribution < -0.4 is 10.6 Å². The summed E-state index contributed by atoms with van der Waals surface area (Å²) in [5.74, 6) is -0.460. The van der Waals surface area contributed by atoms with Gasteiger partial charge in [-0.15, -0.1) is 0 Å². The first-order valence-electron chi connectivity index (χ1n) is 5.03. The molecule has 15 heavy (non-hydrogen) atoms. The first-order chi connectivity index (χ1) is 7.25. The number of rotatable bonds is 2. The molecule has 1 fully saturated rings. The second kappa shape index (κ2) is 4.40. The smallest absolute Gasteiger partial charge is 0.251 e. The summed E-state index contributed by atoms with van der Waals surface area (Å²) in [7, 11) is 0. The fraction of sp³-hybridized carbons (Fsp3) is 0.364. The van der Waals surface area contributed by atoms with Gasteiger partial charge in [0.2, 0.25) is 0 Å². The van der Waals surface area contributed by atoms with Crippen LogP contribution in [0.4, 0.5) is 4.39 Å². The van der Waals surface area contributed by atoms with Crippen LogP contribution >= 0.6 is 0 Å². The molecule has 0 aromatic heterocycles. The molecular formula is C11H13FN2O. The summed E-state index contributed by atoms with van der Waals surface area (Å²) in [6, 6.07) is 5.77. The average Bonchev–Trinajstić information content (AvgIpc) is 2.71. The van der Waals surface area contributed by atoms with Gasteiger partial charge in [-0.05, 0) is 37.2 Å². The minimum Gasteiger partial charge on any atom is -0.348 e. The van der Waals surface area contributed by atoms with Crippen LogP contribution in [0, 0.1) is 5.82 Å². The topological polar surface area (TPSA) is 41.1 Å². The van der Waals surface area contributed by atoms with E-state index in [1.54, 1.807) is 0 Å². The monoisotopic (exact) mass is 208 g/mol. The maximum Gasteiger partial charge on any atom is 0.251 e. The zero-order valence-corrected chi connectivity index (χ0v) is 8.29. The van der Waals surface area contributed by atoms with Gasteiger partial charge in [0.05, 0.1) is 0 Å². The van der Waals surface area contributed by atoms with Crippen molar-refractivity contribution < 1.29 is 9.18 Å². The fourth-order valence-corrected chi connectivity index (χ4v) is 1.65. The second-order valence-electron chi connectivity index (χ2n) is 3.67. The highest BCUT2D eigenvalue weighted by atomic mass is 19.1. The van der Waals surface area contributed by atoms with Crippen molar-refractivity contribution in [3.8, 4) is 0 Å². The molecule has 4 heteroatoms. The lowest BCUT2D eigenvalue weighted by Crippen LogP contribution is -2.36. The summed E-state index contributed by atoms with van der Waals surface area (Å²) in [5.41, 5.74) is 0.503. The quantitative estimate of drug-likeness (QED) is 0.758. The number of carbonyl (C=O) groups is 1. The Morgan fingerprint density at radius 1 is 1.40 bits per heavy atom. The van der Waals surface area contributed by atoms with Gasteiger partial charge in [-0.1, -0.05) is 0 Å². The molecule has 3 nitrogen and oxygen atoms in total. The summed E-state index contributed by atoms with van der Waals surface area (Å²) in [6.07, 6.45) is 0.951. The zero-order valence-electron chi connectivity index (χ0n) is 8.29. The van der Waals surface area contributed by atoms with Gasteiger partial charge in [-0.25, -0.2) is 4.39 Å². The molecular weight excluding hydrogens is 195 g/mol. The number of benzene rings is 1. The molecule has 80 valence electrons. The SMILES string of the molecule is O=C(N[C@@H]1CCNC1)c1ccc(F)cc1. The molecule has 0 unspecified atom stereocenters. The molecule has 2 N–H and O–H groups in total. The first-order valence-corrected chi connectivity index (χ1v) is 5.03. The highest BCUT2D eigenvalue weighted by Crippen LogP contribution is 2.04. The Balaban J connectivity index is 1.98. The lowest BCUT2D eigenvalue weighted by Gasteiger charge is -2.10. The average molecular weight is 208 g/mol. The molecule has 0 spiro atoms. The minimum absolute atomic E-state index is 0.135. The van der Waals surface area contributed by atoms with Crippen LogP contribution in [0.2, 0.25) is 0 Å². The molecule has 1 aliphatic rings. The van der Waals surface area contributed by atoms with E-state index in [0.29, 0.717) is 5.56 Å². The molecule has 0 bridgehead atoms. The number of hydrogen-bond acceptors (Lipinski definition) is 2. The highest BCUT2D eigenvalue weighted by molar-refractivity contribution is 5.94. The van der Waals surface area contributed by atoms with Crippen molar-refractivity contribution in [1.82, 2.24) is 10.6 Å². The minimum atomic E-state index is -0.325. The number of amides is 1. The van der Waals surface area contributed by atoms with E-state index >= 15 is 0 Å². The Hall–Kier alpha value is -1.42. The first kappa shape index (κ1) is 10.1. The van der Waals surface area contributed by atoms with Crippen molar-refractivity contribution in [3.05, 3.63) is 35.6 Å². The molecule has 1 aliphatic heterocycles. The van der Waals surface area contributed by atoms with Gasteiger partial charge in [0, 0.05) is 18.2 Å². The molecule has 2 rings (SSSR count). The predicted molar refractivity (Wildman–Crippen MR) is 55.1 cm³/mol. The van der Waals surface area contributed by atoms with E-state index in [4.69, 9.17) is 0 Å². The van der Waals surface area contributed by atoms with Crippen molar-refractivity contribution >= 4 is 5.91 Å². The van der Waals surface area contributed by atoms with Gasteiger partial charge in [0.25, 0.3) is 5.91 Å². The van der Waals surface area contributed by atoms with Crippen molar-refractivity contribution in [1.29, 1.82) is 0 Å². The number of nitrogens with one attached hydrogen (secondary N) is 2. The largest absolute Gasteiger partial charge is 0.348 e. The Kier molecular flexibility index (Phi) is 2.97. The number of carbonyl (C=O) groups excluding carboxylic acids is 1. The molecule has 1 atom stereocenters. The maximum absolute atomic E-state index is 12.6. The van der Waals surface area contributed by atoms with E-state index in [1.807, 2.05) is 0 Å². The fourth-order valence-electron chi connectivity index (χ4n) is 1.65. The van der Waals surface area contributed by atoms with Gasteiger partial charge in [0.15, 0.2) is 0 Å². The molecule has 1 aromatic rings. The van der Waals surface area contributed by atoms with Crippen LogP contribution in [0.5, 0.6) is 0 Å². The Morgan fingerprint density at radius 2 is 2.13 bits per heavy atom. The third-order valence-corrected chi connectivity index (χ3v) is 2.50. The molecule has 0 saturated carbocycles. The molecule has 0 aliphatic carbocycles. The molecule has 1 heterocycles. The van der Waals surface area contributed by atoms with E-state index in [2.05, 4.69) is 10.6 Å². The van der Waals surface area contributed by atoms with Crippen LogP contribution in [0.3, 0.4) is 0 Å². The number of halogens is 1. The lowest BCUT2D eigenvalue weighted by molar-refractivity contribution is 0.0940. The zero-order chi connectivity index (χ0) is 10.7. The summed E-state index contributed by atoms with van der Waals surface area (Å²) >= 11 is 0. The van der Waals surface area contributed by atoms with Gasteiger partial charge in [-0.2, -0.15) is 0 Å². The lowest BCUT2D eigenvalue weighted by atomic mass is 10.2. The molecule has 0 radical (unpaired) electrons. The van der Waals surface area contributed by atoms with E-state index in [0.717, 1.165) is 19.5 Å². The predicted octanol–water partition coefficient (Wildman–Crippen LogP) is 0.917. The molecule has 1 aromatic carbocycles. The van der Waals surface area contributed by atoms with Gasteiger partial charge in [-0.3, -0.25) is 4.79 Å². The van der Waals surface area contributed by atoms with Crippen LogP contribution in [-0.4, -0.2) is 25.0 Å². The van der Waals surface area contributed by atoms with Crippen molar-refractivity contribution in [2.45, 2.75) is 12.5 Å². The van der Waals surface area contributed by atoms with Crippen LogP contribution in [0.15, 0.2) is 24.3 Å². The summed E-state index contributed by atoms with van der Waals surface area (Å²) < 4.78 is 12.6. The highest BCUT2D eigenvalue weighted by Gasteiger charge is 2.17. The van der Waals surface area contributed by atoms with E-state index in [1.165, 1.54) is 24.3 Å². The molecule has 1 amide bonds. The van der Waals surface area contributed by atoms with E-state index in [-0.39, 0.29) is 17.8 Å². The third-order valence-electron chi connectivity index (χ3n) is 2.50. The summed E-state index contributed by atoms with van der Waals surface area (Å²) in [5, 5.41) is 6.05. The Bertz CT molecular complexity index is 344. The normalized spacial score (nSPS) is 20.2. The van der Waals surface area contributed by atoms with Crippen LogP contribution in [0.1, 0.15) is 16.8 Å².